The average molecular weight is 401 g/mol. The third-order valence-corrected chi connectivity index (χ3v) is 7.28. The van der Waals surface area contributed by atoms with Crippen molar-refractivity contribution in [1.29, 1.82) is 0 Å². The number of carbonyl (C=O) groups excluding carboxylic acids is 1. The molecule has 150 valence electrons. The summed E-state index contributed by atoms with van der Waals surface area (Å²) in [6, 6.07) is 17.4. The van der Waals surface area contributed by atoms with Crippen LogP contribution in [0.4, 0.5) is 0 Å². The number of carbonyl (C=O) groups is 1. The molecule has 0 spiro atoms. The van der Waals surface area contributed by atoms with E-state index in [1.165, 1.54) is 4.31 Å². The molecular formula is C22H28N2O3S. The van der Waals surface area contributed by atoms with Crippen LogP contribution in [0.5, 0.6) is 0 Å². The summed E-state index contributed by atoms with van der Waals surface area (Å²) < 4.78 is 26.2. The number of rotatable bonds is 7. The topological polar surface area (TPSA) is 66.5 Å². The van der Waals surface area contributed by atoms with Crippen LogP contribution in [-0.4, -0.2) is 37.0 Å². The van der Waals surface area contributed by atoms with Crippen molar-refractivity contribution >= 4 is 15.9 Å². The van der Waals surface area contributed by atoms with Crippen LogP contribution in [0.1, 0.15) is 44.7 Å². The van der Waals surface area contributed by atoms with E-state index >= 15 is 0 Å². The van der Waals surface area contributed by atoms with E-state index in [2.05, 4.69) is 17.4 Å². The Morgan fingerprint density at radius 3 is 2.39 bits per heavy atom. The van der Waals surface area contributed by atoms with E-state index in [1.54, 1.807) is 0 Å². The maximum atomic E-state index is 12.8. The smallest absolute Gasteiger partial charge is 0.238 e. The lowest BCUT2D eigenvalue weighted by Crippen LogP contribution is -2.47. The first-order valence-electron chi connectivity index (χ1n) is 9.87. The molecule has 1 aliphatic heterocycles. The third-order valence-electron chi connectivity index (χ3n) is 5.20. The molecule has 0 aliphatic carbocycles. The van der Waals surface area contributed by atoms with E-state index < -0.39 is 16.1 Å². The number of hydrogen-bond acceptors (Lipinski definition) is 3. The van der Waals surface area contributed by atoms with Crippen LogP contribution in [0.3, 0.4) is 0 Å². The van der Waals surface area contributed by atoms with Crippen LogP contribution < -0.4 is 5.32 Å². The molecule has 5 nitrogen and oxygen atoms in total. The molecule has 1 fully saturated rings. The van der Waals surface area contributed by atoms with Gasteiger partial charge in [0.1, 0.15) is 6.04 Å². The van der Waals surface area contributed by atoms with Crippen LogP contribution >= 0.6 is 0 Å². The number of nitrogens with one attached hydrogen (secondary N) is 1. The summed E-state index contributed by atoms with van der Waals surface area (Å²) in [6.07, 6.45) is 1.85. The van der Waals surface area contributed by atoms with Crippen molar-refractivity contribution in [2.24, 2.45) is 0 Å². The van der Waals surface area contributed by atoms with Gasteiger partial charge in [-0.2, -0.15) is 4.31 Å². The number of benzene rings is 2. The van der Waals surface area contributed by atoms with E-state index in [-0.39, 0.29) is 17.7 Å². The second-order valence-electron chi connectivity index (χ2n) is 7.30. The molecule has 0 aromatic heterocycles. The highest BCUT2D eigenvalue weighted by Gasteiger charge is 2.38. The molecule has 1 N–H and O–H groups in total. The van der Waals surface area contributed by atoms with Crippen LogP contribution in [0.15, 0.2) is 54.6 Å². The van der Waals surface area contributed by atoms with E-state index in [1.807, 2.05) is 56.3 Å². The molecular weight excluding hydrogens is 372 g/mol. The Hall–Kier alpha value is -2.18. The summed E-state index contributed by atoms with van der Waals surface area (Å²) in [5, 5.41) is 3.00. The molecule has 0 bridgehead atoms. The van der Waals surface area contributed by atoms with Crippen molar-refractivity contribution in [2.75, 3.05) is 12.3 Å². The Bertz CT molecular complexity index is 895. The lowest BCUT2D eigenvalue weighted by molar-refractivity contribution is -0.124. The highest BCUT2D eigenvalue weighted by molar-refractivity contribution is 7.89. The monoisotopic (exact) mass is 400 g/mol. The minimum atomic E-state index is -3.37. The summed E-state index contributed by atoms with van der Waals surface area (Å²) in [5.41, 5.74) is 3.26. The molecule has 3 rings (SSSR count). The zero-order valence-corrected chi connectivity index (χ0v) is 17.3. The van der Waals surface area contributed by atoms with Crippen molar-refractivity contribution in [1.82, 2.24) is 9.62 Å². The fourth-order valence-corrected chi connectivity index (χ4v) is 5.44. The Labute approximate surface area is 167 Å². The largest absolute Gasteiger partial charge is 0.348 e. The zero-order chi connectivity index (χ0) is 20.1. The van der Waals surface area contributed by atoms with Gasteiger partial charge in [0, 0.05) is 6.54 Å². The first kappa shape index (κ1) is 20.6. The fourth-order valence-electron chi connectivity index (χ4n) is 3.70. The number of sulfonamides is 1. The second kappa shape index (κ2) is 8.88. The van der Waals surface area contributed by atoms with Crippen molar-refractivity contribution in [3.63, 3.8) is 0 Å². The van der Waals surface area contributed by atoms with Crippen molar-refractivity contribution in [3.05, 3.63) is 60.2 Å². The van der Waals surface area contributed by atoms with Gasteiger partial charge in [-0.05, 0) is 42.9 Å². The van der Waals surface area contributed by atoms with Gasteiger partial charge >= 0.3 is 0 Å². The van der Waals surface area contributed by atoms with Gasteiger partial charge in [0.25, 0.3) is 0 Å². The van der Waals surface area contributed by atoms with E-state index in [0.717, 1.165) is 23.1 Å². The molecule has 1 saturated heterocycles. The van der Waals surface area contributed by atoms with Gasteiger partial charge in [-0.3, -0.25) is 4.79 Å². The van der Waals surface area contributed by atoms with E-state index in [0.29, 0.717) is 19.4 Å². The minimum absolute atomic E-state index is 0.0906. The molecule has 1 aliphatic rings. The van der Waals surface area contributed by atoms with Gasteiger partial charge < -0.3 is 5.32 Å². The Kier molecular flexibility index (Phi) is 6.52. The van der Waals surface area contributed by atoms with Gasteiger partial charge in [-0.25, -0.2) is 8.42 Å². The van der Waals surface area contributed by atoms with E-state index in [4.69, 9.17) is 0 Å². The van der Waals surface area contributed by atoms with Crippen LogP contribution in [0.25, 0.3) is 11.1 Å². The van der Waals surface area contributed by atoms with Crippen molar-refractivity contribution < 1.29 is 13.2 Å². The number of amides is 1. The molecule has 1 heterocycles. The molecule has 0 saturated carbocycles. The van der Waals surface area contributed by atoms with Gasteiger partial charge in [-0.15, -0.1) is 0 Å². The minimum Gasteiger partial charge on any atom is -0.348 e. The first-order valence-corrected chi connectivity index (χ1v) is 11.5. The van der Waals surface area contributed by atoms with Crippen LogP contribution in [0, 0.1) is 0 Å². The number of hydrogen-bond donors (Lipinski definition) is 1. The molecule has 0 radical (unpaired) electrons. The molecule has 2 aromatic carbocycles. The highest BCUT2D eigenvalue weighted by atomic mass is 32.2. The van der Waals surface area contributed by atoms with Crippen LogP contribution in [-0.2, 0) is 14.8 Å². The summed E-state index contributed by atoms with van der Waals surface area (Å²) in [7, 11) is -3.37. The SMILES string of the molecule is CCCS(=O)(=O)N1CCCC1C(=O)NC(C)c1ccc(-c2ccccc2)cc1. The summed E-state index contributed by atoms with van der Waals surface area (Å²) in [4.78, 5) is 12.8. The Balaban J connectivity index is 1.67. The predicted molar refractivity (Wildman–Crippen MR) is 112 cm³/mol. The zero-order valence-electron chi connectivity index (χ0n) is 16.5. The summed E-state index contributed by atoms with van der Waals surface area (Å²) in [6.45, 7) is 4.19. The quantitative estimate of drug-likeness (QED) is 0.770. The van der Waals surface area contributed by atoms with Crippen molar-refractivity contribution in [2.45, 2.75) is 45.2 Å². The third kappa shape index (κ3) is 4.62. The van der Waals surface area contributed by atoms with Gasteiger partial charge in [0.05, 0.1) is 11.8 Å². The molecule has 2 unspecified atom stereocenters. The van der Waals surface area contributed by atoms with Gasteiger partial charge in [0.15, 0.2) is 0 Å². The van der Waals surface area contributed by atoms with Crippen LogP contribution in [0.2, 0.25) is 0 Å². The molecule has 2 aromatic rings. The fraction of sp³-hybridized carbons (Fsp3) is 0.409. The van der Waals surface area contributed by atoms with E-state index in [9.17, 15) is 13.2 Å². The average Bonchev–Trinajstić information content (AvgIpc) is 3.20. The molecule has 2 atom stereocenters. The number of nitrogens with zero attached hydrogens (tertiary/aromatic N) is 1. The maximum Gasteiger partial charge on any atom is 0.238 e. The van der Waals surface area contributed by atoms with Gasteiger partial charge in [-0.1, -0.05) is 61.5 Å². The molecule has 1 amide bonds. The predicted octanol–water partition coefficient (Wildman–Crippen LogP) is 3.74. The highest BCUT2D eigenvalue weighted by Crippen LogP contribution is 2.24. The maximum absolute atomic E-state index is 12.8. The summed E-state index contributed by atoms with van der Waals surface area (Å²) in [5.74, 6) is -0.121. The normalized spacial score (nSPS) is 18.7. The second-order valence-corrected chi connectivity index (χ2v) is 9.34. The molecule has 6 heteroatoms. The lowest BCUT2D eigenvalue weighted by atomic mass is 10.0. The van der Waals surface area contributed by atoms with Gasteiger partial charge in [0.2, 0.25) is 15.9 Å². The van der Waals surface area contributed by atoms with Crippen molar-refractivity contribution in [3.8, 4) is 11.1 Å². The first-order chi connectivity index (χ1) is 13.4. The Morgan fingerprint density at radius 2 is 1.75 bits per heavy atom. The lowest BCUT2D eigenvalue weighted by Gasteiger charge is -2.25. The Morgan fingerprint density at radius 1 is 1.11 bits per heavy atom. The standard InChI is InChI=1S/C22H28N2O3S/c1-3-16-28(26,27)24-15-7-10-21(24)22(25)23-17(2)18-11-13-20(14-12-18)19-8-5-4-6-9-19/h4-6,8-9,11-14,17,21H,3,7,10,15-16H2,1-2H3,(H,23,25). The molecule has 28 heavy (non-hydrogen) atoms. The summed E-state index contributed by atoms with van der Waals surface area (Å²) >= 11 is 0.